The van der Waals surface area contributed by atoms with Crippen LogP contribution in [0.25, 0.3) is 0 Å². The van der Waals surface area contributed by atoms with Crippen molar-refractivity contribution in [2.24, 2.45) is 0 Å². The van der Waals surface area contributed by atoms with Crippen LogP contribution in [0.5, 0.6) is 11.5 Å². The van der Waals surface area contributed by atoms with E-state index in [0.29, 0.717) is 17.0 Å². The Bertz CT molecular complexity index is 1040. The van der Waals surface area contributed by atoms with E-state index in [4.69, 9.17) is 4.74 Å². The topological polar surface area (TPSA) is 58.5 Å². The second-order valence-electron chi connectivity index (χ2n) is 6.81. The Morgan fingerprint density at radius 2 is 1.79 bits per heavy atom. The van der Waals surface area contributed by atoms with Crippen molar-refractivity contribution in [3.8, 4) is 23.3 Å². The Hall–Kier alpha value is -3.59. The van der Waals surface area contributed by atoms with Crippen LogP contribution in [0, 0.1) is 17.7 Å². The molecule has 0 amide bonds. The van der Waals surface area contributed by atoms with Crippen molar-refractivity contribution in [2.45, 2.75) is 18.9 Å². The second kappa shape index (κ2) is 8.61. The molecule has 0 spiro atoms. The van der Waals surface area contributed by atoms with Crippen molar-refractivity contribution in [2.75, 3.05) is 18.0 Å². The van der Waals surface area contributed by atoms with E-state index >= 15 is 0 Å². The lowest BCUT2D eigenvalue weighted by Gasteiger charge is -2.32. The standard InChI is InChI=1S/C23H20FN3O2/c24-21-6-1-2-7-22(21)29-20-12-14-27(15-13-20)23-11-10-18(25-26-23)9-8-17-4-3-5-19(28)16-17/h1-7,10-11,16,20,28H,12-15H2. The summed E-state index contributed by atoms with van der Waals surface area (Å²) in [5.74, 6) is 6.86. The molecule has 0 saturated carbocycles. The van der Waals surface area contributed by atoms with E-state index in [2.05, 4.69) is 26.9 Å². The molecule has 146 valence electrons. The SMILES string of the molecule is Oc1cccc(C#Cc2ccc(N3CCC(Oc4ccccc4F)CC3)nn2)c1. The average molecular weight is 389 g/mol. The molecule has 1 aliphatic rings. The third kappa shape index (κ3) is 4.82. The maximum absolute atomic E-state index is 13.7. The Balaban J connectivity index is 1.34. The van der Waals surface area contributed by atoms with Gasteiger partial charge in [0.15, 0.2) is 17.4 Å². The van der Waals surface area contributed by atoms with Crippen LogP contribution in [-0.4, -0.2) is 34.5 Å². The van der Waals surface area contributed by atoms with Crippen LogP contribution in [0.2, 0.25) is 0 Å². The zero-order chi connectivity index (χ0) is 20.1. The molecule has 5 nitrogen and oxygen atoms in total. The van der Waals surface area contributed by atoms with Crippen molar-refractivity contribution in [3.63, 3.8) is 0 Å². The monoisotopic (exact) mass is 389 g/mol. The number of para-hydroxylation sites is 1. The van der Waals surface area contributed by atoms with Crippen LogP contribution in [0.15, 0.2) is 60.7 Å². The number of aromatic nitrogens is 2. The van der Waals surface area contributed by atoms with Crippen LogP contribution in [0.3, 0.4) is 0 Å². The van der Waals surface area contributed by atoms with Crippen LogP contribution in [-0.2, 0) is 0 Å². The number of rotatable bonds is 3. The first-order valence-corrected chi connectivity index (χ1v) is 9.48. The fraction of sp³-hybridized carbons (Fsp3) is 0.217. The highest BCUT2D eigenvalue weighted by atomic mass is 19.1. The first-order valence-electron chi connectivity index (χ1n) is 9.48. The van der Waals surface area contributed by atoms with E-state index in [1.54, 1.807) is 36.4 Å². The number of nitrogens with zero attached hydrogens (tertiary/aromatic N) is 3. The zero-order valence-corrected chi connectivity index (χ0v) is 15.8. The van der Waals surface area contributed by atoms with Gasteiger partial charge >= 0.3 is 0 Å². The minimum Gasteiger partial charge on any atom is -0.508 e. The summed E-state index contributed by atoms with van der Waals surface area (Å²) in [6.07, 6.45) is 1.56. The molecule has 4 rings (SSSR count). The van der Waals surface area contributed by atoms with Crippen LogP contribution in [0.4, 0.5) is 10.2 Å². The molecule has 29 heavy (non-hydrogen) atoms. The van der Waals surface area contributed by atoms with Crippen molar-refractivity contribution < 1.29 is 14.2 Å². The van der Waals surface area contributed by atoms with Crippen LogP contribution < -0.4 is 9.64 Å². The maximum Gasteiger partial charge on any atom is 0.165 e. The summed E-state index contributed by atoms with van der Waals surface area (Å²) in [4.78, 5) is 2.14. The number of phenolic OH excluding ortho intramolecular Hbond substituents is 1. The van der Waals surface area contributed by atoms with E-state index in [9.17, 15) is 9.50 Å². The summed E-state index contributed by atoms with van der Waals surface area (Å²) < 4.78 is 19.5. The molecule has 0 atom stereocenters. The van der Waals surface area contributed by atoms with E-state index in [-0.39, 0.29) is 17.7 Å². The predicted octanol–water partition coefficient (Wildman–Crippen LogP) is 3.77. The quantitative estimate of drug-likeness (QED) is 0.691. The smallest absolute Gasteiger partial charge is 0.165 e. The largest absolute Gasteiger partial charge is 0.508 e. The van der Waals surface area contributed by atoms with Gasteiger partial charge in [-0.25, -0.2) is 4.39 Å². The Kier molecular flexibility index (Phi) is 5.57. The molecule has 1 saturated heterocycles. The summed E-state index contributed by atoms with van der Waals surface area (Å²) in [5, 5.41) is 17.9. The number of piperidine rings is 1. The third-order valence-electron chi connectivity index (χ3n) is 4.73. The summed E-state index contributed by atoms with van der Waals surface area (Å²) in [6, 6.07) is 17.0. The van der Waals surface area contributed by atoms with Gasteiger partial charge in [-0.2, -0.15) is 0 Å². The Labute approximate surface area is 168 Å². The van der Waals surface area contributed by atoms with Gasteiger partial charge in [0, 0.05) is 31.5 Å². The minimum absolute atomic E-state index is 0.0106. The molecule has 0 unspecified atom stereocenters. The number of benzene rings is 2. The molecular weight excluding hydrogens is 369 g/mol. The number of hydrogen-bond acceptors (Lipinski definition) is 5. The fourth-order valence-corrected chi connectivity index (χ4v) is 3.20. The summed E-state index contributed by atoms with van der Waals surface area (Å²) in [7, 11) is 0. The molecule has 2 heterocycles. The average Bonchev–Trinajstić information content (AvgIpc) is 2.75. The van der Waals surface area contributed by atoms with Crippen molar-refractivity contribution in [3.05, 3.63) is 77.7 Å². The number of ether oxygens (including phenoxy) is 1. The van der Waals surface area contributed by atoms with Crippen molar-refractivity contribution >= 4 is 5.82 Å². The lowest BCUT2D eigenvalue weighted by molar-refractivity contribution is 0.163. The van der Waals surface area contributed by atoms with Crippen molar-refractivity contribution in [1.82, 2.24) is 10.2 Å². The highest BCUT2D eigenvalue weighted by Crippen LogP contribution is 2.23. The van der Waals surface area contributed by atoms with Gasteiger partial charge in [-0.3, -0.25) is 0 Å². The van der Waals surface area contributed by atoms with Crippen molar-refractivity contribution in [1.29, 1.82) is 0 Å². The van der Waals surface area contributed by atoms with Crippen LogP contribution >= 0.6 is 0 Å². The molecular formula is C23H20FN3O2. The van der Waals surface area contributed by atoms with Gasteiger partial charge in [-0.15, -0.1) is 10.2 Å². The molecule has 3 aromatic rings. The molecule has 1 aromatic heterocycles. The second-order valence-corrected chi connectivity index (χ2v) is 6.81. The van der Waals surface area contributed by atoms with E-state index in [1.807, 2.05) is 18.2 Å². The third-order valence-corrected chi connectivity index (χ3v) is 4.73. The summed E-state index contributed by atoms with van der Waals surface area (Å²) in [5.41, 5.74) is 1.28. The summed E-state index contributed by atoms with van der Waals surface area (Å²) in [6.45, 7) is 1.53. The van der Waals surface area contributed by atoms with Gasteiger partial charge < -0.3 is 14.7 Å². The highest BCUT2D eigenvalue weighted by molar-refractivity contribution is 5.45. The van der Waals surface area contributed by atoms with Gasteiger partial charge in [-0.1, -0.05) is 24.1 Å². The predicted molar refractivity (Wildman–Crippen MR) is 108 cm³/mol. The van der Waals surface area contributed by atoms with E-state index in [0.717, 1.165) is 31.7 Å². The molecule has 2 aromatic carbocycles. The number of halogens is 1. The molecule has 0 aliphatic carbocycles. The highest BCUT2D eigenvalue weighted by Gasteiger charge is 2.22. The number of hydrogen-bond donors (Lipinski definition) is 1. The molecule has 1 aliphatic heterocycles. The first-order chi connectivity index (χ1) is 14.2. The lowest BCUT2D eigenvalue weighted by atomic mass is 10.1. The number of anilines is 1. The molecule has 0 radical (unpaired) electrons. The molecule has 1 fully saturated rings. The van der Waals surface area contributed by atoms with Gasteiger partial charge in [0.25, 0.3) is 0 Å². The van der Waals surface area contributed by atoms with Crippen LogP contribution in [0.1, 0.15) is 24.1 Å². The lowest BCUT2D eigenvalue weighted by Crippen LogP contribution is -2.38. The summed E-state index contributed by atoms with van der Waals surface area (Å²) >= 11 is 0. The number of aromatic hydroxyl groups is 1. The van der Waals surface area contributed by atoms with Gasteiger partial charge in [0.05, 0.1) is 0 Å². The van der Waals surface area contributed by atoms with Gasteiger partial charge in [-0.05, 0) is 48.4 Å². The Morgan fingerprint density at radius 1 is 0.966 bits per heavy atom. The van der Waals surface area contributed by atoms with E-state index < -0.39 is 0 Å². The van der Waals surface area contributed by atoms with Gasteiger partial charge in [0.2, 0.25) is 0 Å². The first kappa shape index (κ1) is 18.8. The van der Waals surface area contributed by atoms with E-state index in [1.165, 1.54) is 6.07 Å². The number of phenols is 1. The van der Waals surface area contributed by atoms with Gasteiger partial charge in [0.1, 0.15) is 17.5 Å². The maximum atomic E-state index is 13.7. The zero-order valence-electron chi connectivity index (χ0n) is 15.8. The Morgan fingerprint density at radius 3 is 2.52 bits per heavy atom. The fourth-order valence-electron chi connectivity index (χ4n) is 3.20. The minimum atomic E-state index is -0.330. The molecule has 6 heteroatoms. The molecule has 0 bridgehead atoms. The normalized spacial score (nSPS) is 14.2. The molecule has 1 N–H and O–H groups in total.